The molecule has 0 aliphatic carbocycles. The zero-order valence-electron chi connectivity index (χ0n) is 6.70. The standard InChI is InChI=1S/C6H14N2O2S/c1-4(9)5(2)11-3-6(10)8-7/h4-5,9H,3,7H2,1-2H3,(H,8,10). The Bertz CT molecular complexity index is 130. The Morgan fingerprint density at radius 3 is 2.64 bits per heavy atom. The summed E-state index contributed by atoms with van der Waals surface area (Å²) in [5.41, 5.74) is 2.02. The summed E-state index contributed by atoms with van der Waals surface area (Å²) < 4.78 is 0. The van der Waals surface area contributed by atoms with Gasteiger partial charge in [-0.3, -0.25) is 10.2 Å². The molecule has 0 bridgehead atoms. The molecule has 0 radical (unpaired) electrons. The van der Waals surface area contributed by atoms with Gasteiger partial charge >= 0.3 is 0 Å². The first-order chi connectivity index (χ1) is 5.07. The van der Waals surface area contributed by atoms with Gasteiger partial charge in [-0.1, -0.05) is 6.92 Å². The maximum Gasteiger partial charge on any atom is 0.243 e. The second-order valence-electron chi connectivity index (χ2n) is 2.32. The summed E-state index contributed by atoms with van der Waals surface area (Å²) in [6, 6.07) is 0. The van der Waals surface area contributed by atoms with Gasteiger partial charge in [0.05, 0.1) is 11.9 Å². The Kier molecular flexibility index (Phi) is 5.27. The second-order valence-corrected chi connectivity index (χ2v) is 3.69. The van der Waals surface area contributed by atoms with Crippen LogP contribution in [-0.2, 0) is 4.79 Å². The van der Waals surface area contributed by atoms with Gasteiger partial charge in [0.1, 0.15) is 0 Å². The lowest BCUT2D eigenvalue weighted by atomic mass is 10.3. The highest BCUT2D eigenvalue weighted by molar-refractivity contribution is 8.00. The molecular weight excluding hydrogens is 164 g/mol. The van der Waals surface area contributed by atoms with Crippen LogP contribution in [0.3, 0.4) is 0 Å². The van der Waals surface area contributed by atoms with Crippen molar-refractivity contribution in [3.05, 3.63) is 0 Å². The summed E-state index contributed by atoms with van der Waals surface area (Å²) in [5.74, 6) is 4.93. The van der Waals surface area contributed by atoms with Crippen LogP contribution in [0.1, 0.15) is 13.8 Å². The van der Waals surface area contributed by atoms with Crippen molar-refractivity contribution in [2.45, 2.75) is 25.2 Å². The van der Waals surface area contributed by atoms with Gasteiger partial charge in [0.15, 0.2) is 0 Å². The fourth-order valence-corrected chi connectivity index (χ4v) is 1.16. The molecule has 0 spiro atoms. The molecule has 5 heteroatoms. The highest BCUT2D eigenvalue weighted by atomic mass is 32.2. The average molecular weight is 178 g/mol. The number of carbonyl (C=O) groups is 1. The van der Waals surface area contributed by atoms with Crippen LogP contribution in [0.5, 0.6) is 0 Å². The number of carbonyl (C=O) groups excluding carboxylic acids is 1. The Labute approximate surface area is 70.5 Å². The lowest BCUT2D eigenvalue weighted by molar-refractivity contribution is -0.118. The molecule has 0 aromatic carbocycles. The fraction of sp³-hybridized carbons (Fsp3) is 0.833. The number of aliphatic hydroxyl groups is 1. The van der Waals surface area contributed by atoms with Crippen molar-refractivity contribution in [2.24, 2.45) is 5.84 Å². The summed E-state index contributed by atoms with van der Waals surface area (Å²) in [5, 5.41) is 9.09. The predicted molar refractivity (Wildman–Crippen MR) is 45.9 cm³/mol. The molecule has 0 aliphatic heterocycles. The quantitative estimate of drug-likeness (QED) is 0.307. The molecule has 0 aromatic rings. The van der Waals surface area contributed by atoms with Crippen LogP contribution < -0.4 is 11.3 Å². The third-order valence-electron chi connectivity index (χ3n) is 1.32. The largest absolute Gasteiger partial charge is 0.392 e. The fourth-order valence-electron chi connectivity index (χ4n) is 0.388. The van der Waals surface area contributed by atoms with E-state index in [-0.39, 0.29) is 11.2 Å². The molecule has 0 aromatic heterocycles. The van der Waals surface area contributed by atoms with Gasteiger partial charge in [0.2, 0.25) is 5.91 Å². The molecular formula is C6H14N2O2S. The molecule has 4 nitrogen and oxygen atoms in total. The summed E-state index contributed by atoms with van der Waals surface area (Å²) in [4.78, 5) is 10.6. The van der Waals surface area contributed by atoms with Crippen molar-refractivity contribution in [1.82, 2.24) is 5.43 Å². The van der Waals surface area contributed by atoms with E-state index < -0.39 is 6.10 Å². The van der Waals surface area contributed by atoms with Gasteiger partial charge in [-0.2, -0.15) is 0 Å². The zero-order chi connectivity index (χ0) is 8.85. The van der Waals surface area contributed by atoms with Crippen molar-refractivity contribution in [3.63, 3.8) is 0 Å². The lowest BCUT2D eigenvalue weighted by Crippen LogP contribution is -2.32. The molecule has 0 fully saturated rings. The number of nitrogens with two attached hydrogens (primary N) is 1. The van der Waals surface area contributed by atoms with Crippen molar-refractivity contribution in [3.8, 4) is 0 Å². The molecule has 0 heterocycles. The predicted octanol–water partition coefficient (Wildman–Crippen LogP) is -0.521. The second kappa shape index (κ2) is 5.40. The average Bonchev–Trinajstić information content (AvgIpc) is 1.99. The Balaban J connectivity index is 3.45. The van der Waals surface area contributed by atoms with E-state index in [2.05, 4.69) is 0 Å². The maximum absolute atomic E-state index is 10.6. The van der Waals surface area contributed by atoms with Crippen molar-refractivity contribution >= 4 is 17.7 Å². The molecule has 0 saturated carbocycles. The smallest absolute Gasteiger partial charge is 0.243 e. The van der Waals surface area contributed by atoms with Gasteiger partial charge in [-0.05, 0) is 6.92 Å². The van der Waals surface area contributed by atoms with Crippen LogP contribution in [-0.4, -0.2) is 28.1 Å². The van der Waals surface area contributed by atoms with Crippen LogP contribution in [0.4, 0.5) is 0 Å². The van der Waals surface area contributed by atoms with E-state index in [1.165, 1.54) is 11.8 Å². The van der Waals surface area contributed by atoms with Crippen molar-refractivity contribution in [1.29, 1.82) is 0 Å². The minimum absolute atomic E-state index is 0.0623. The first-order valence-electron chi connectivity index (χ1n) is 3.37. The molecule has 0 saturated heterocycles. The topological polar surface area (TPSA) is 75.3 Å². The number of rotatable bonds is 4. The normalized spacial score (nSPS) is 15.6. The molecule has 1 amide bonds. The summed E-state index contributed by atoms with van der Waals surface area (Å²) in [7, 11) is 0. The van der Waals surface area contributed by atoms with Crippen LogP contribution in [0, 0.1) is 0 Å². The number of hydrogen-bond acceptors (Lipinski definition) is 4. The van der Waals surface area contributed by atoms with Crippen LogP contribution in [0.15, 0.2) is 0 Å². The molecule has 2 atom stereocenters. The van der Waals surface area contributed by atoms with Crippen LogP contribution >= 0.6 is 11.8 Å². The van der Waals surface area contributed by atoms with E-state index in [9.17, 15) is 4.79 Å². The third-order valence-corrected chi connectivity index (χ3v) is 2.67. The Morgan fingerprint density at radius 1 is 1.73 bits per heavy atom. The first-order valence-corrected chi connectivity index (χ1v) is 4.42. The third kappa shape index (κ3) is 5.06. The van der Waals surface area contributed by atoms with E-state index in [0.29, 0.717) is 5.75 Å². The van der Waals surface area contributed by atoms with Gasteiger partial charge in [-0.25, -0.2) is 5.84 Å². The monoisotopic (exact) mass is 178 g/mol. The summed E-state index contributed by atoms with van der Waals surface area (Å²) >= 11 is 1.38. The molecule has 0 rings (SSSR count). The minimum Gasteiger partial charge on any atom is -0.392 e. The van der Waals surface area contributed by atoms with Crippen LogP contribution in [0.2, 0.25) is 0 Å². The Hall–Kier alpha value is -0.260. The van der Waals surface area contributed by atoms with E-state index in [4.69, 9.17) is 10.9 Å². The molecule has 66 valence electrons. The zero-order valence-corrected chi connectivity index (χ0v) is 7.52. The lowest BCUT2D eigenvalue weighted by Gasteiger charge is -2.12. The van der Waals surface area contributed by atoms with Gasteiger partial charge in [0, 0.05) is 5.25 Å². The summed E-state index contributed by atoms with van der Waals surface area (Å²) in [6.07, 6.45) is -0.398. The maximum atomic E-state index is 10.6. The van der Waals surface area contributed by atoms with Gasteiger partial charge in [0.25, 0.3) is 0 Å². The summed E-state index contributed by atoms with van der Waals surface area (Å²) in [6.45, 7) is 3.55. The number of hydrogen-bond donors (Lipinski definition) is 3. The molecule has 11 heavy (non-hydrogen) atoms. The SMILES string of the molecule is CC(O)C(C)SCC(=O)NN. The number of amides is 1. The number of thioether (sulfide) groups is 1. The van der Waals surface area contributed by atoms with Crippen LogP contribution in [0.25, 0.3) is 0 Å². The van der Waals surface area contributed by atoms with E-state index in [0.717, 1.165) is 0 Å². The highest BCUT2D eigenvalue weighted by Crippen LogP contribution is 2.12. The number of aliphatic hydroxyl groups excluding tert-OH is 1. The Morgan fingerprint density at radius 2 is 2.27 bits per heavy atom. The minimum atomic E-state index is -0.398. The van der Waals surface area contributed by atoms with Gasteiger partial charge < -0.3 is 5.11 Å². The van der Waals surface area contributed by atoms with E-state index >= 15 is 0 Å². The highest BCUT2D eigenvalue weighted by Gasteiger charge is 2.10. The van der Waals surface area contributed by atoms with E-state index in [1.54, 1.807) is 6.92 Å². The number of nitrogens with one attached hydrogen (secondary N) is 1. The van der Waals surface area contributed by atoms with Gasteiger partial charge in [-0.15, -0.1) is 11.8 Å². The first kappa shape index (κ1) is 10.7. The van der Waals surface area contributed by atoms with E-state index in [1.807, 2.05) is 12.3 Å². The molecule has 0 aliphatic rings. The molecule has 4 N–H and O–H groups in total. The molecule has 2 unspecified atom stereocenters. The van der Waals surface area contributed by atoms with Crippen molar-refractivity contribution < 1.29 is 9.90 Å². The number of hydrazine groups is 1. The van der Waals surface area contributed by atoms with Crippen molar-refractivity contribution in [2.75, 3.05) is 5.75 Å².